The van der Waals surface area contributed by atoms with Crippen LogP contribution in [0.15, 0.2) is 24.3 Å². The molecule has 0 radical (unpaired) electrons. The van der Waals surface area contributed by atoms with E-state index in [1.165, 1.54) is 49.7 Å². The lowest BCUT2D eigenvalue weighted by molar-refractivity contribution is 0.412. The van der Waals surface area contributed by atoms with E-state index in [0.717, 1.165) is 23.7 Å². The van der Waals surface area contributed by atoms with Gasteiger partial charge in [-0.3, -0.25) is 11.3 Å². The normalized spacial score (nSPS) is 34.7. The Morgan fingerprint density at radius 1 is 1.05 bits per heavy atom. The van der Waals surface area contributed by atoms with Crippen molar-refractivity contribution < 1.29 is 0 Å². The molecule has 1 aromatic carbocycles. The van der Waals surface area contributed by atoms with Crippen LogP contribution in [0.3, 0.4) is 0 Å². The van der Waals surface area contributed by atoms with Crippen LogP contribution in [0.1, 0.15) is 61.6 Å². The molecule has 3 fully saturated rings. The van der Waals surface area contributed by atoms with E-state index in [1.807, 2.05) is 0 Å². The number of hydrogen-bond donors (Lipinski definition) is 2. The first-order valence-corrected chi connectivity index (χ1v) is 7.94. The zero-order chi connectivity index (χ0) is 12.8. The number of hydrogen-bond acceptors (Lipinski definition) is 2. The van der Waals surface area contributed by atoms with Crippen molar-refractivity contribution in [2.75, 3.05) is 0 Å². The lowest BCUT2D eigenvalue weighted by Crippen LogP contribution is -2.30. The van der Waals surface area contributed by atoms with Gasteiger partial charge in [0.05, 0.1) is 0 Å². The first kappa shape index (κ1) is 11.9. The molecule has 0 aromatic heterocycles. The smallest absolute Gasteiger partial charge is 0.0493 e. The molecule has 0 spiro atoms. The highest BCUT2D eigenvalue weighted by atomic mass is 15.2. The van der Waals surface area contributed by atoms with E-state index >= 15 is 0 Å². The molecule has 3 aliphatic carbocycles. The molecular formula is C17H24N2. The van der Waals surface area contributed by atoms with Crippen LogP contribution in [0.4, 0.5) is 0 Å². The molecule has 0 heterocycles. The molecule has 3 saturated carbocycles. The van der Waals surface area contributed by atoms with Gasteiger partial charge in [-0.15, -0.1) is 0 Å². The Bertz CT molecular complexity index is 456. The zero-order valence-corrected chi connectivity index (χ0v) is 11.5. The van der Waals surface area contributed by atoms with Crippen LogP contribution < -0.4 is 11.3 Å². The summed E-state index contributed by atoms with van der Waals surface area (Å²) in [6.07, 6.45) is 8.44. The molecule has 102 valence electrons. The number of fused-ring (bicyclic) bond motifs is 1. The minimum Gasteiger partial charge on any atom is -0.271 e. The Morgan fingerprint density at radius 2 is 1.79 bits per heavy atom. The average Bonchev–Trinajstić information content (AvgIpc) is 2.83. The molecule has 19 heavy (non-hydrogen) atoms. The molecule has 2 heteroatoms. The highest BCUT2D eigenvalue weighted by Gasteiger charge is 2.55. The summed E-state index contributed by atoms with van der Waals surface area (Å²) in [5, 5.41) is 0. The third-order valence-electron chi connectivity index (χ3n) is 5.88. The average molecular weight is 256 g/mol. The van der Waals surface area contributed by atoms with E-state index in [4.69, 9.17) is 5.84 Å². The Kier molecular flexibility index (Phi) is 2.89. The minimum atomic E-state index is 0.385. The van der Waals surface area contributed by atoms with Crippen molar-refractivity contribution in [1.29, 1.82) is 0 Å². The fourth-order valence-corrected chi connectivity index (χ4v) is 4.55. The zero-order valence-electron chi connectivity index (χ0n) is 11.5. The molecule has 0 bridgehead atoms. The van der Waals surface area contributed by atoms with Crippen LogP contribution in [-0.2, 0) is 0 Å². The van der Waals surface area contributed by atoms with E-state index in [2.05, 4.69) is 29.7 Å². The summed E-state index contributed by atoms with van der Waals surface area (Å²) >= 11 is 0. The number of hydrazine groups is 1. The van der Waals surface area contributed by atoms with Gasteiger partial charge in [0, 0.05) is 6.04 Å². The van der Waals surface area contributed by atoms with Gasteiger partial charge in [0.25, 0.3) is 0 Å². The number of benzene rings is 1. The summed E-state index contributed by atoms with van der Waals surface area (Å²) in [5.74, 6) is 9.39. The Hall–Kier alpha value is -0.860. The molecule has 3 unspecified atom stereocenters. The highest BCUT2D eigenvalue weighted by molar-refractivity contribution is 5.31. The molecule has 3 N–H and O–H groups in total. The molecular weight excluding hydrogens is 232 g/mol. The standard InChI is InChI=1S/C17H24N2/c18-19-17(16-14-8-3-9-15(14)16)13-7-2-6-12(10-13)11-4-1-5-11/h2,6-7,10-11,14-17,19H,1,3-5,8-9,18H2. The third-order valence-corrected chi connectivity index (χ3v) is 5.88. The van der Waals surface area contributed by atoms with Crippen molar-refractivity contribution in [2.45, 2.75) is 50.5 Å². The van der Waals surface area contributed by atoms with Gasteiger partial charge in [-0.25, -0.2) is 0 Å². The molecule has 3 atom stereocenters. The van der Waals surface area contributed by atoms with Crippen molar-refractivity contribution in [3.63, 3.8) is 0 Å². The van der Waals surface area contributed by atoms with Crippen LogP contribution in [0, 0.1) is 17.8 Å². The summed E-state index contributed by atoms with van der Waals surface area (Å²) < 4.78 is 0. The second kappa shape index (κ2) is 4.60. The molecule has 0 saturated heterocycles. The topological polar surface area (TPSA) is 38.0 Å². The largest absolute Gasteiger partial charge is 0.271 e. The molecule has 1 aromatic rings. The Labute approximate surface area is 115 Å². The van der Waals surface area contributed by atoms with Gasteiger partial charge < -0.3 is 0 Å². The summed E-state index contributed by atoms with van der Waals surface area (Å²) in [4.78, 5) is 0. The van der Waals surface area contributed by atoms with Gasteiger partial charge in [0.1, 0.15) is 0 Å². The van der Waals surface area contributed by atoms with E-state index in [-0.39, 0.29) is 0 Å². The van der Waals surface area contributed by atoms with Crippen molar-refractivity contribution in [3.05, 3.63) is 35.4 Å². The number of nitrogens with one attached hydrogen (secondary N) is 1. The van der Waals surface area contributed by atoms with Crippen molar-refractivity contribution in [3.8, 4) is 0 Å². The van der Waals surface area contributed by atoms with E-state index in [9.17, 15) is 0 Å². The Balaban J connectivity index is 1.56. The lowest BCUT2D eigenvalue weighted by atomic mass is 9.79. The van der Waals surface area contributed by atoms with Gasteiger partial charge in [-0.05, 0) is 60.5 Å². The van der Waals surface area contributed by atoms with Gasteiger partial charge in [-0.2, -0.15) is 0 Å². The lowest BCUT2D eigenvalue weighted by Gasteiger charge is -2.27. The maximum Gasteiger partial charge on any atom is 0.0493 e. The van der Waals surface area contributed by atoms with Gasteiger partial charge in [-0.1, -0.05) is 37.1 Å². The molecule has 2 nitrogen and oxygen atoms in total. The third kappa shape index (κ3) is 1.93. The SMILES string of the molecule is NNC(c1cccc(C2CCC2)c1)C1C2CCCC21. The highest BCUT2D eigenvalue weighted by Crippen LogP contribution is 2.62. The van der Waals surface area contributed by atoms with Crippen molar-refractivity contribution in [2.24, 2.45) is 23.6 Å². The first-order valence-electron chi connectivity index (χ1n) is 7.94. The first-order chi connectivity index (χ1) is 9.38. The van der Waals surface area contributed by atoms with Crippen LogP contribution in [0.25, 0.3) is 0 Å². The van der Waals surface area contributed by atoms with Crippen LogP contribution in [0.2, 0.25) is 0 Å². The summed E-state index contributed by atoms with van der Waals surface area (Å²) in [6.45, 7) is 0. The van der Waals surface area contributed by atoms with Crippen LogP contribution >= 0.6 is 0 Å². The maximum atomic E-state index is 5.87. The van der Waals surface area contributed by atoms with Gasteiger partial charge in [0.15, 0.2) is 0 Å². The van der Waals surface area contributed by atoms with Gasteiger partial charge >= 0.3 is 0 Å². The molecule has 0 aliphatic heterocycles. The summed E-state index contributed by atoms with van der Waals surface area (Å²) in [5.41, 5.74) is 6.07. The van der Waals surface area contributed by atoms with Gasteiger partial charge in [0.2, 0.25) is 0 Å². The second-order valence-electron chi connectivity index (χ2n) is 6.78. The fraction of sp³-hybridized carbons (Fsp3) is 0.647. The van der Waals surface area contributed by atoms with E-state index in [1.54, 1.807) is 0 Å². The predicted molar refractivity (Wildman–Crippen MR) is 77.4 cm³/mol. The van der Waals surface area contributed by atoms with Crippen LogP contribution in [0.5, 0.6) is 0 Å². The maximum absolute atomic E-state index is 5.87. The predicted octanol–water partition coefficient (Wildman–Crippen LogP) is 3.50. The molecule has 4 rings (SSSR count). The quantitative estimate of drug-likeness (QED) is 0.639. The van der Waals surface area contributed by atoms with E-state index in [0.29, 0.717) is 6.04 Å². The minimum absolute atomic E-state index is 0.385. The monoisotopic (exact) mass is 256 g/mol. The number of rotatable bonds is 4. The van der Waals surface area contributed by atoms with Crippen molar-refractivity contribution >= 4 is 0 Å². The fourth-order valence-electron chi connectivity index (χ4n) is 4.55. The van der Waals surface area contributed by atoms with Crippen LogP contribution in [-0.4, -0.2) is 0 Å². The molecule has 0 amide bonds. The molecule has 3 aliphatic rings. The number of nitrogens with two attached hydrogens (primary N) is 1. The Morgan fingerprint density at radius 3 is 2.42 bits per heavy atom. The summed E-state index contributed by atoms with van der Waals surface area (Å²) in [6, 6.07) is 9.60. The van der Waals surface area contributed by atoms with Crippen molar-refractivity contribution in [1.82, 2.24) is 5.43 Å². The summed E-state index contributed by atoms with van der Waals surface area (Å²) in [7, 11) is 0. The second-order valence-corrected chi connectivity index (χ2v) is 6.78. The van der Waals surface area contributed by atoms with E-state index < -0.39 is 0 Å².